The Morgan fingerprint density at radius 1 is 1.26 bits per heavy atom. The summed E-state index contributed by atoms with van der Waals surface area (Å²) >= 11 is 0. The number of aliphatic hydroxyl groups excluding tert-OH is 2. The first-order chi connectivity index (χ1) is 9.05. The van der Waals surface area contributed by atoms with Gasteiger partial charge in [-0.15, -0.1) is 0 Å². The molecule has 0 atom stereocenters. The van der Waals surface area contributed by atoms with Gasteiger partial charge in [0.1, 0.15) is 5.82 Å². The molecular formula is C13H19FN2O3. The number of rotatable bonds is 7. The van der Waals surface area contributed by atoms with Gasteiger partial charge in [0.05, 0.1) is 25.3 Å². The molecule has 0 fully saturated rings. The first kappa shape index (κ1) is 15.6. The van der Waals surface area contributed by atoms with E-state index in [4.69, 9.17) is 0 Å². The number of hydrogen-bond acceptors (Lipinski definition) is 4. The second kappa shape index (κ2) is 7.18. The van der Waals surface area contributed by atoms with Crippen molar-refractivity contribution in [2.24, 2.45) is 0 Å². The molecule has 0 spiro atoms. The molecular weight excluding hydrogens is 251 g/mol. The summed E-state index contributed by atoms with van der Waals surface area (Å²) in [5.41, 5.74) is -0.372. The third-order valence-corrected chi connectivity index (χ3v) is 3.03. The van der Waals surface area contributed by atoms with Crippen LogP contribution in [0, 0.1) is 5.82 Å². The number of aliphatic hydroxyl groups is 2. The van der Waals surface area contributed by atoms with Crippen molar-refractivity contribution in [1.29, 1.82) is 0 Å². The van der Waals surface area contributed by atoms with E-state index in [9.17, 15) is 19.4 Å². The summed E-state index contributed by atoms with van der Waals surface area (Å²) in [4.78, 5) is 11.7. The van der Waals surface area contributed by atoms with Gasteiger partial charge in [0.2, 0.25) is 5.91 Å². The molecule has 1 aromatic rings. The van der Waals surface area contributed by atoms with Crippen LogP contribution in [0.1, 0.15) is 13.3 Å². The van der Waals surface area contributed by atoms with Crippen LogP contribution >= 0.6 is 0 Å². The van der Waals surface area contributed by atoms with Crippen molar-refractivity contribution in [2.45, 2.75) is 18.9 Å². The molecule has 6 heteroatoms. The maximum atomic E-state index is 12.7. The summed E-state index contributed by atoms with van der Waals surface area (Å²) < 4.78 is 12.7. The molecule has 5 nitrogen and oxygen atoms in total. The van der Waals surface area contributed by atoms with Crippen molar-refractivity contribution in [3.05, 3.63) is 30.1 Å². The molecule has 0 aliphatic heterocycles. The van der Waals surface area contributed by atoms with Gasteiger partial charge in [-0.3, -0.25) is 10.1 Å². The van der Waals surface area contributed by atoms with E-state index in [1.807, 2.05) is 0 Å². The van der Waals surface area contributed by atoms with Gasteiger partial charge >= 0.3 is 0 Å². The average molecular weight is 270 g/mol. The van der Waals surface area contributed by atoms with Crippen LogP contribution < -0.4 is 10.6 Å². The molecule has 0 heterocycles. The lowest BCUT2D eigenvalue weighted by atomic mass is 9.98. The van der Waals surface area contributed by atoms with E-state index >= 15 is 0 Å². The normalized spacial score (nSPS) is 11.4. The fourth-order valence-electron chi connectivity index (χ4n) is 1.52. The number of hydrogen-bond donors (Lipinski definition) is 4. The van der Waals surface area contributed by atoms with Crippen LogP contribution in [0.25, 0.3) is 0 Å². The zero-order chi connectivity index (χ0) is 14.3. The van der Waals surface area contributed by atoms with Crippen molar-refractivity contribution in [3.63, 3.8) is 0 Å². The number of carbonyl (C=O) groups excluding carboxylic acids is 1. The molecule has 19 heavy (non-hydrogen) atoms. The minimum absolute atomic E-state index is 0.0493. The highest BCUT2D eigenvalue weighted by atomic mass is 19.1. The number of nitrogens with one attached hydrogen (secondary N) is 2. The summed E-state index contributed by atoms with van der Waals surface area (Å²) in [7, 11) is 0. The molecule has 0 aliphatic rings. The molecule has 1 amide bonds. The standard InChI is InChI=1S/C13H19FN2O3/c1-2-13(8-17,9-18)15-7-12(19)16-11-5-3-10(14)4-6-11/h3-6,15,17-18H,2,7-9H2,1H3,(H,16,19). The monoisotopic (exact) mass is 270 g/mol. The van der Waals surface area contributed by atoms with Gasteiger partial charge in [-0.25, -0.2) is 4.39 Å². The Balaban J connectivity index is 2.49. The molecule has 0 radical (unpaired) electrons. The van der Waals surface area contributed by atoms with Crippen LogP contribution in [0.4, 0.5) is 10.1 Å². The summed E-state index contributed by atoms with van der Waals surface area (Å²) in [6.07, 6.45) is 0.490. The predicted octanol–water partition coefficient (Wildman–Crippen LogP) is 0.487. The lowest BCUT2D eigenvalue weighted by Gasteiger charge is -2.29. The second-order valence-electron chi connectivity index (χ2n) is 4.36. The molecule has 0 aromatic heterocycles. The van der Waals surface area contributed by atoms with Gasteiger partial charge in [-0.2, -0.15) is 0 Å². The fourth-order valence-corrected chi connectivity index (χ4v) is 1.52. The van der Waals surface area contributed by atoms with Crippen LogP contribution in [-0.2, 0) is 4.79 Å². The van der Waals surface area contributed by atoms with Gasteiger partial charge in [0.15, 0.2) is 0 Å². The maximum absolute atomic E-state index is 12.7. The van der Waals surface area contributed by atoms with Crippen LogP contribution in [0.3, 0.4) is 0 Å². The number of halogens is 1. The molecule has 0 saturated heterocycles. The molecule has 0 bridgehead atoms. The summed E-state index contributed by atoms with van der Waals surface area (Å²) in [5, 5.41) is 23.8. The lowest BCUT2D eigenvalue weighted by molar-refractivity contribution is -0.116. The average Bonchev–Trinajstić information content (AvgIpc) is 2.44. The van der Waals surface area contributed by atoms with E-state index in [0.29, 0.717) is 12.1 Å². The van der Waals surface area contributed by atoms with E-state index < -0.39 is 5.54 Å². The third kappa shape index (κ3) is 4.59. The largest absolute Gasteiger partial charge is 0.394 e. The Morgan fingerprint density at radius 2 is 1.84 bits per heavy atom. The molecule has 106 valence electrons. The number of anilines is 1. The highest BCUT2D eigenvalue weighted by Gasteiger charge is 2.26. The Hall–Kier alpha value is -1.50. The van der Waals surface area contributed by atoms with Crippen molar-refractivity contribution in [1.82, 2.24) is 5.32 Å². The SMILES string of the molecule is CCC(CO)(CO)NCC(=O)Nc1ccc(F)cc1. The second-order valence-corrected chi connectivity index (χ2v) is 4.36. The highest BCUT2D eigenvalue weighted by Crippen LogP contribution is 2.09. The van der Waals surface area contributed by atoms with Crippen molar-refractivity contribution >= 4 is 11.6 Å². The Kier molecular flexibility index (Phi) is 5.88. The first-order valence-electron chi connectivity index (χ1n) is 6.07. The van der Waals surface area contributed by atoms with Gasteiger partial charge < -0.3 is 15.5 Å². The Morgan fingerprint density at radius 3 is 2.32 bits per heavy atom. The third-order valence-electron chi connectivity index (χ3n) is 3.03. The molecule has 0 saturated carbocycles. The molecule has 1 aromatic carbocycles. The summed E-state index contributed by atoms with van der Waals surface area (Å²) in [6.45, 7) is 1.23. The minimum atomic E-state index is -0.861. The molecule has 0 aliphatic carbocycles. The Bertz CT molecular complexity index is 397. The lowest BCUT2D eigenvalue weighted by Crippen LogP contribution is -2.53. The van der Waals surface area contributed by atoms with Crippen LogP contribution in [0.15, 0.2) is 24.3 Å². The van der Waals surface area contributed by atoms with E-state index in [1.165, 1.54) is 24.3 Å². The smallest absolute Gasteiger partial charge is 0.238 e. The summed E-state index contributed by atoms with van der Waals surface area (Å²) in [6, 6.07) is 5.42. The quantitative estimate of drug-likeness (QED) is 0.581. The van der Waals surface area contributed by atoms with Gasteiger partial charge in [-0.05, 0) is 30.7 Å². The van der Waals surface area contributed by atoms with Crippen LogP contribution in [0.5, 0.6) is 0 Å². The van der Waals surface area contributed by atoms with Gasteiger partial charge in [0, 0.05) is 5.69 Å². The number of benzene rings is 1. The predicted molar refractivity (Wildman–Crippen MR) is 70.2 cm³/mol. The van der Waals surface area contributed by atoms with E-state index in [0.717, 1.165) is 0 Å². The zero-order valence-corrected chi connectivity index (χ0v) is 10.8. The van der Waals surface area contributed by atoms with Gasteiger partial charge in [0.25, 0.3) is 0 Å². The zero-order valence-electron chi connectivity index (χ0n) is 10.8. The van der Waals surface area contributed by atoms with Crippen LogP contribution in [0.2, 0.25) is 0 Å². The fraction of sp³-hybridized carbons (Fsp3) is 0.462. The van der Waals surface area contributed by atoms with Crippen molar-refractivity contribution < 1.29 is 19.4 Å². The molecule has 4 N–H and O–H groups in total. The van der Waals surface area contributed by atoms with Crippen molar-refractivity contribution in [3.8, 4) is 0 Å². The first-order valence-corrected chi connectivity index (χ1v) is 6.07. The summed E-state index contributed by atoms with van der Waals surface area (Å²) in [5.74, 6) is -0.701. The molecule has 0 unspecified atom stereocenters. The topological polar surface area (TPSA) is 81.6 Å². The van der Waals surface area contributed by atoms with E-state index in [2.05, 4.69) is 10.6 Å². The number of carbonyl (C=O) groups is 1. The maximum Gasteiger partial charge on any atom is 0.238 e. The van der Waals surface area contributed by atoms with Crippen LogP contribution in [-0.4, -0.2) is 41.4 Å². The van der Waals surface area contributed by atoms with Crippen molar-refractivity contribution in [2.75, 3.05) is 25.1 Å². The Labute approximate surface area is 111 Å². The highest BCUT2D eigenvalue weighted by molar-refractivity contribution is 5.92. The minimum Gasteiger partial charge on any atom is -0.394 e. The van der Waals surface area contributed by atoms with E-state index in [1.54, 1.807) is 6.92 Å². The van der Waals surface area contributed by atoms with Gasteiger partial charge in [-0.1, -0.05) is 6.92 Å². The molecule has 1 rings (SSSR count). The number of amides is 1. The van der Waals surface area contributed by atoms with E-state index in [-0.39, 0.29) is 31.5 Å².